The molecule has 0 radical (unpaired) electrons. The third kappa shape index (κ3) is 4.56. The van der Waals surface area contributed by atoms with Crippen LogP contribution in [-0.2, 0) is 19.0 Å². The maximum atomic E-state index is 14.8. The van der Waals surface area contributed by atoms with Gasteiger partial charge in [0.25, 0.3) is 0 Å². The Bertz CT molecular complexity index is 1200. The summed E-state index contributed by atoms with van der Waals surface area (Å²) < 4.78 is 111. The van der Waals surface area contributed by atoms with Gasteiger partial charge in [0, 0.05) is 12.0 Å². The molecule has 0 amide bonds. The number of alkyl halides is 2. The number of fused-ring (bicyclic) bond motifs is 1. The highest BCUT2D eigenvalue weighted by Gasteiger charge is 2.42. The minimum Gasteiger partial charge on any atom is -0.450 e. The lowest BCUT2D eigenvalue weighted by Crippen LogP contribution is -2.26. The summed E-state index contributed by atoms with van der Waals surface area (Å²) in [4.78, 5) is 0. The van der Waals surface area contributed by atoms with Crippen molar-refractivity contribution in [1.82, 2.24) is 0 Å². The Morgan fingerprint density at radius 2 is 1.74 bits per heavy atom. The highest BCUT2D eigenvalue weighted by Crippen LogP contribution is 2.43. The molecule has 0 fully saturated rings. The first kappa shape index (κ1) is 25.4. The number of benzene rings is 2. The van der Waals surface area contributed by atoms with E-state index in [9.17, 15) is 30.7 Å². The predicted molar refractivity (Wildman–Crippen MR) is 112 cm³/mol. The van der Waals surface area contributed by atoms with Crippen LogP contribution in [-0.4, -0.2) is 0 Å². The number of hydrogen-bond donors (Lipinski definition) is 0. The molecule has 0 spiro atoms. The van der Waals surface area contributed by atoms with Crippen molar-refractivity contribution in [1.29, 1.82) is 0 Å². The van der Waals surface area contributed by atoms with Gasteiger partial charge < -0.3 is 9.47 Å². The van der Waals surface area contributed by atoms with Crippen LogP contribution in [0.1, 0.15) is 43.4 Å². The highest BCUT2D eigenvalue weighted by atomic mass is 19.3. The summed E-state index contributed by atoms with van der Waals surface area (Å²) >= 11 is 0. The molecule has 1 aliphatic rings. The second kappa shape index (κ2) is 9.56. The van der Waals surface area contributed by atoms with E-state index in [2.05, 4.69) is 17.9 Å². The largest absolute Gasteiger partial charge is 0.450 e. The van der Waals surface area contributed by atoms with Gasteiger partial charge in [0.15, 0.2) is 34.7 Å². The van der Waals surface area contributed by atoms with Gasteiger partial charge in [-0.3, -0.25) is 0 Å². The topological polar surface area (TPSA) is 18.5 Å². The van der Waals surface area contributed by atoms with Crippen molar-refractivity contribution < 1.29 is 40.2 Å². The van der Waals surface area contributed by atoms with Crippen LogP contribution >= 0.6 is 0 Å². The average molecular weight is 486 g/mol. The lowest BCUT2D eigenvalue weighted by atomic mass is 9.96. The fraction of sp³-hybridized carbons (Fsp3) is 0.280. The predicted octanol–water partition coefficient (Wildman–Crippen LogP) is 7.96. The van der Waals surface area contributed by atoms with Gasteiger partial charge >= 0.3 is 6.11 Å². The Morgan fingerprint density at radius 1 is 1.06 bits per heavy atom. The van der Waals surface area contributed by atoms with Gasteiger partial charge in [0.2, 0.25) is 11.6 Å². The van der Waals surface area contributed by atoms with E-state index in [0.717, 1.165) is 12.1 Å². The van der Waals surface area contributed by atoms with E-state index in [1.54, 1.807) is 13.8 Å². The van der Waals surface area contributed by atoms with Gasteiger partial charge in [-0.25, -0.2) is 13.2 Å². The van der Waals surface area contributed by atoms with E-state index in [-0.39, 0.29) is 41.5 Å². The number of rotatable bonds is 7. The fourth-order valence-corrected chi connectivity index (χ4v) is 3.42. The van der Waals surface area contributed by atoms with Crippen LogP contribution < -0.4 is 9.47 Å². The van der Waals surface area contributed by atoms with Crippen LogP contribution in [0.15, 0.2) is 54.1 Å². The molecule has 182 valence electrons. The maximum absolute atomic E-state index is 14.8. The lowest BCUT2D eigenvalue weighted by Gasteiger charge is -2.26. The molecule has 34 heavy (non-hydrogen) atoms. The molecular formula is C25H21F7O2. The van der Waals surface area contributed by atoms with Crippen LogP contribution in [0.5, 0.6) is 11.5 Å². The molecule has 0 saturated carbocycles. The van der Waals surface area contributed by atoms with Gasteiger partial charge in [-0.15, -0.1) is 0 Å². The monoisotopic (exact) mass is 486 g/mol. The van der Waals surface area contributed by atoms with Crippen LogP contribution in [0.3, 0.4) is 0 Å². The molecule has 2 nitrogen and oxygen atoms in total. The van der Waals surface area contributed by atoms with E-state index in [0.29, 0.717) is 12.5 Å². The number of halogens is 7. The van der Waals surface area contributed by atoms with Crippen molar-refractivity contribution in [2.45, 2.75) is 45.6 Å². The Hall–Kier alpha value is -3.23. The Kier molecular flexibility index (Phi) is 7.14. The molecule has 0 bridgehead atoms. The first-order chi connectivity index (χ1) is 15.9. The highest BCUT2D eigenvalue weighted by molar-refractivity contribution is 5.52. The van der Waals surface area contributed by atoms with Crippen molar-refractivity contribution in [2.24, 2.45) is 0 Å². The minimum atomic E-state index is -4.58. The van der Waals surface area contributed by atoms with E-state index in [1.165, 1.54) is 0 Å². The summed E-state index contributed by atoms with van der Waals surface area (Å²) in [5.41, 5.74) is -1.86. The lowest BCUT2D eigenvalue weighted by molar-refractivity contribution is -0.189. The van der Waals surface area contributed by atoms with Crippen LogP contribution in [0.2, 0.25) is 0 Å². The molecule has 0 unspecified atom stereocenters. The minimum absolute atomic E-state index is 0.0135. The van der Waals surface area contributed by atoms with Gasteiger partial charge in [-0.2, -0.15) is 17.6 Å². The molecule has 0 saturated heterocycles. The molecule has 0 aromatic heterocycles. The Balaban J connectivity index is 2.02. The summed E-state index contributed by atoms with van der Waals surface area (Å²) in [7, 11) is 0. The molecule has 1 heterocycles. The van der Waals surface area contributed by atoms with Gasteiger partial charge in [0.1, 0.15) is 5.56 Å². The van der Waals surface area contributed by atoms with Crippen molar-refractivity contribution >= 4 is 0 Å². The van der Waals surface area contributed by atoms with Crippen molar-refractivity contribution in [3.8, 4) is 11.5 Å². The number of ether oxygens (including phenoxy) is 2. The zero-order valence-electron chi connectivity index (χ0n) is 18.4. The Labute approximate surface area is 192 Å². The molecule has 3 rings (SSSR count). The van der Waals surface area contributed by atoms with E-state index in [1.807, 2.05) is 0 Å². The standard InChI is InChI=1S/C25H21F7O2/c1-5-7-14-8-9-17(21(29)19(14)27)34-25(31,32)16-11-15-10-13(4)23(18(26)12(3)6-2)33-24(15)22(30)20(16)28/h8-9,11H,3-7,10H2,1-2H3/b23-18-. The summed E-state index contributed by atoms with van der Waals surface area (Å²) in [5.74, 6) is -10.3. The second-order valence-corrected chi connectivity index (χ2v) is 7.74. The zero-order valence-corrected chi connectivity index (χ0v) is 18.4. The first-order valence-corrected chi connectivity index (χ1v) is 10.4. The number of allylic oxidation sites excluding steroid dienone is 3. The number of hydrogen-bond acceptors (Lipinski definition) is 2. The molecule has 1 aliphatic heterocycles. The van der Waals surface area contributed by atoms with Crippen molar-refractivity contribution in [2.75, 3.05) is 0 Å². The van der Waals surface area contributed by atoms with E-state index < -0.39 is 58.0 Å². The average Bonchev–Trinajstić information content (AvgIpc) is 2.79. The third-order valence-corrected chi connectivity index (χ3v) is 5.30. The maximum Gasteiger partial charge on any atom is 0.429 e. The molecule has 9 heteroatoms. The summed E-state index contributed by atoms with van der Waals surface area (Å²) in [6, 6.07) is 2.42. The van der Waals surface area contributed by atoms with Gasteiger partial charge in [-0.05, 0) is 41.7 Å². The number of aryl methyl sites for hydroxylation is 1. The van der Waals surface area contributed by atoms with Gasteiger partial charge in [0.05, 0.1) is 0 Å². The molecule has 2 aromatic carbocycles. The molecule has 2 aromatic rings. The summed E-state index contributed by atoms with van der Waals surface area (Å²) in [6.07, 6.45) is -4.08. The van der Waals surface area contributed by atoms with Crippen LogP contribution in [0, 0.1) is 23.3 Å². The smallest absolute Gasteiger partial charge is 0.429 e. The van der Waals surface area contributed by atoms with Gasteiger partial charge in [-0.1, -0.05) is 39.5 Å². The van der Waals surface area contributed by atoms with E-state index in [4.69, 9.17) is 4.74 Å². The molecular weight excluding hydrogens is 465 g/mol. The van der Waals surface area contributed by atoms with Crippen LogP contribution in [0.4, 0.5) is 30.7 Å². The first-order valence-electron chi connectivity index (χ1n) is 10.4. The quantitative estimate of drug-likeness (QED) is 0.370. The normalized spacial score (nSPS) is 15.0. The molecule has 0 atom stereocenters. The second-order valence-electron chi connectivity index (χ2n) is 7.74. The van der Waals surface area contributed by atoms with Crippen molar-refractivity contribution in [3.05, 3.63) is 94.0 Å². The fourth-order valence-electron chi connectivity index (χ4n) is 3.42. The molecule has 0 aliphatic carbocycles. The Morgan fingerprint density at radius 3 is 2.35 bits per heavy atom. The third-order valence-electron chi connectivity index (χ3n) is 5.30. The SMILES string of the molecule is C=C(CC)/C(F)=C1/Oc2c(cc(C(F)(F)Oc3ccc(CCC)c(F)c3F)c(F)c2F)CC1=C. The zero-order chi connectivity index (χ0) is 25.4. The van der Waals surface area contributed by atoms with Crippen LogP contribution in [0.25, 0.3) is 0 Å². The van der Waals surface area contributed by atoms with E-state index >= 15 is 0 Å². The molecule has 0 N–H and O–H groups in total. The van der Waals surface area contributed by atoms with Crippen molar-refractivity contribution in [3.63, 3.8) is 0 Å². The summed E-state index contributed by atoms with van der Waals surface area (Å²) in [6.45, 7) is 10.4. The summed E-state index contributed by atoms with van der Waals surface area (Å²) in [5, 5.41) is 0.